The highest BCUT2D eigenvalue weighted by molar-refractivity contribution is 5.34. The Kier molecular flexibility index (Phi) is 4.75. The lowest BCUT2D eigenvalue weighted by atomic mass is 10.1. The van der Waals surface area contributed by atoms with Crippen molar-refractivity contribution in [2.45, 2.75) is 32.5 Å². The molecule has 2 rings (SSSR count). The van der Waals surface area contributed by atoms with E-state index in [2.05, 4.69) is 36.0 Å². The molecule has 18 heavy (non-hydrogen) atoms. The molecule has 1 N–H and O–H groups in total. The highest BCUT2D eigenvalue weighted by Gasteiger charge is 2.18. The summed E-state index contributed by atoms with van der Waals surface area (Å²) in [6, 6.07) is 6.35. The molecule has 3 nitrogen and oxygen atoms in total. The molecule has 3 heteroatoms. The van der Waals surface area contributed by atoms with Crippen molar-refractivity contribution in [3.05, 3.63) is 34.9 Å². The molecule has 0 aromatic heterocycles. The molecule has 0 aliphatic carbocycles. The van der Waals surface area contributed by atoms with Gasteiger partial charge in [0, 0.05) is 13.1 Å². The lowest BCUT2D eigenvalue weighted by Crippen LogP contribution is -2.19. The molecule has 0 fully saturated rings. The number of aliphatic hydroxyl groups is 1. The molecule has 0 saturated carbocycles. The maximum absolute atomic E-state index is 9.14. The fourth-order valence-electron chi connectivity index (χ4n) is 2.54. The number of hydrogen-bond acceptors (Lipinski definition) is 3. The fraction of sp³-hybridized carbons (Fsp3) is 0.600. The molecule has 1 aliphatic rings. The zero-order chi connectivity index (χ0) is 13.0. The Morgan fingerprint density at radius 3 is 2.67 bits per heavy atom. The van der Waals surface area contributed by atoms with E-state index in [1.165, 1.54) is 37.1 Å². The summed E-state index contributed by atoms with van der Waals surface area (Å²) >= 11 is 0. The van der Waals surface area contributed by atoms with Gasteiger partial charge in [-0.3, -0.25) is 4.90 Å². The Morgan fingerprint density at radius 1 is 1.17 bits per heavy atom. The predicted molar refractivity (Wildman–Crippen MR) is 74.3 cm³/mol. The molecule has 1 heterocycles. The lowest BCUT2D eigenvalue weighted by molar-refractivity contribution is 0.269. The number of fused-ring (bicyclic) bond motifs is 1. The van der Waals surface area contributed by atoms with Crippen LogP contribution in [0.3, 0.4) is 0 Å². The van der Waals surface area contributed by atoms with Gasteiger partial charge in [-0.15, -0.1) is 0 Å². The van der Waals surface area contributed by atoms with Gasteiger partial charge >= 0.3 is 0 Å². The van der Waals surface area contributed by atoms with Crippen LogP contribution in [-0.4, -0.2) is 42.1 Å². The molecule has 1 aromatic rings. The first-order chi connectivity index (χ1) is 8.69. The summed E-state index contributed by atoms with van der Waals surface area (Å²) in [6.07, 6.45) is 2.53. The summed E-state index contributed by atoms with van der Waals surface area (Å²) in [5.74, 6) is 0. The number of unbranched alkanes of at least 4 members (excludes halogenated alkanes) is 1. The van der Waals surface area contributed by atoms with Crippen LogP contribution >= 0.6 is 0 Å². The van der Waals surface area contributed by atoms with E-state index in [0.29, 0.717) is 0 Å². The Balaban J connectivity index is 1.79. The monoisotopic (exact) mass is 248 g/mol. The summed E-state index contributed by atoms with van der Waals surface area (Å²) in [4.78, 5) is 4.74. The molecule has 0 saturated heterocycles. The number of aliphatic hydroxyl groups excluding tert-OH is 1. The normalized spacial score (nSPS) is 15.3. The quantitative estimate of drug-likeness (QED) is 0.778. The van der Waals surface area contributed by atoms with Gasteiger partial charge in [0.2, 0.25) is 0 Å². The second-order valence-electron chi connectivity index (χ2n) is 5.48. The number of benzene rings is 1. The standard InChI is InChI=1S/C15H24N2O/c1-16(2)7-3-4-8-17-10-14-6-5-13(12-18)9-15(14)11-17/h5-6,9,18H,3-4,7-8,10-12H2,1-2H3. The van der Waals surface area contributed by atoms with Gasteiger partial charge in [-0.1, -0.05) is 18.2 Å². The minimum atomic E-state index is 0.149. The van der Waals surface area contributed by atoms with Gasteiger partial charge < -0.3 is 10.0 Å². The molecular formula is C15H24N2O. The maximum Gasteiger partial charge on any atom is 0.0681 e. The van der Waals surface area contributed by atoms with Crippen molar-refractivity contribution >= 4 is 0 Å². The first kappa shape index (κ1) is 13.5. The molecule has 1 aliphatic heterocycles. The van der Waals surface area contributed by atoms with Crippen LogP contribution < -0.4 is 0 Å². The number of hydrogen-bond donors (Lipinski definition) is 1. The van der Waals surface area contributed by atoms with Crippen molar-refractivity contribution < 1.29 is 5.11 Å². The Hall–Kier alpha value is -0.900. The third-order valence-corrected chi connectivity index (χ3v) is 3.57. The van der Waals surface area contributed by atoms with Crippen molar-refractivity contribution in [1.82, 2.24) is 9.80 Å². The maximum atomic E-state index is 9.14. The zero-order valence-electron chi connectivity index (χ0n) is 11.5. The third-order valence-electron chi connectivity index (χ3n) is 3.57. The molecule has 0 amide bonds. The molecule has 0 atom stereocenters. The minimum absolute atomic E-state index is 0.149. The molecule has 0 radical (unpaired) electrons. The van der Waals surface area contributed by atoms with Gasteiger partial charge in [0.05, 0.1) is 6.61 Å². The SMILES string of the molecule is CN(C)CCCCN1Cc2ccc(CO)cc2C1. The van der Waals surface area contributed by atoms with Gasteiger partial charge in [-0.05, 0) is 56.7 Å². The van der Waals surface area contributed by atoms with Gasteiger partial charge in [-0.2, -0.15) is 0 Å². The summed E-state index contributed by atoms with van der Waals surface area (Å²) in [5.41, 5.74) is 3.86. The second-order valence-corrected chi connectivity index (χ2v) is 5.48. The van der Waals surface area contributed by atoms with Gasteiger partial charge in [-0.25, -0.2) is 0 Å². The van der Waals surface area contributed by atoms with Crippen molar-refractivity contribution in [1.29, 1.82) is 0 Å². The van der Waals surface area contributed by atoms with E-state index in [1.54, 1.807) is 0 Å². The van der Waals surface area contributed by atoms with Crippen LogP contribution in [0.15, 0.2) is 18.2 Å². The number of rotatable bonds is 6. The van der Waals surface area contributed by atoms with Crippen LogP contribution in [0.5, 0.6) is 0 Å². The highest BCUT2D eigenvalue weighted by Crippen LogP contribution is 2.24. The Morgan fingerprint density at radius 2 is 1.94 bits per heavy atom. The largest absolute Gasteiger partial charge is 0.392 e. The fourth-order valence-corrected chi connectivity index (χ4v) is 2.54. The van der Waals surface area contributed by atoms with Crippen LogP contribution in [0.4, 0.5) is 0 Å². The number of nitrogens with zero attached hydrogens (tertiary/aromatic N) is 2. The Labute approximate surface area is 110 Å². The van der Waals surface area contributed by atoms with E-state index in [-0.39, 0.29) is 6.61 Å². The molecule has 0 spiro atoms. The average Bonchev–Trinajstić information content (AvgIpc) is 2.75. The highest BCUT2D eigenvalue weighted by atomic mass is 16.3. The molecule has 1 aromatic carbocycles. The van der Waals surface area contributed by atoms with E-state index in [9.17, 15) is 0 Å². The first-order valence-corrected chi connectivity index (χ1v) is 6.77. The molecular weight excluding hydrogens is 224 g/mol. The van der Waals surface area contributed by atoms with Crippen LogP contribution in [0, 0.1) is 0 Å². The second kappa shape index (κ2) is 6.32. The van der Waals surface area contributed by atoms with Gasteiger partial charge in [0.15, 0.2) is 0 Å². The van der Waals surface area contributed by atoms with Crippen molar-refractivity contribution in [2.24, 2.45) is 0 Å². The summed E-state index contributed by atoms with van der Waals surface area (Å²) in [7, 11) is 4.25. The topological polar surface area (TPSA) is 26.7 Å². The summed E-state index contributed by atoms with van der Waals surface area (Å²) < 4.78 is 0. The van der Waals surface area contributed by atoms with E-state index in [0.717, 1.165) is 18.7 Å². The molecule has 100 valence electrons. The van der Waals surface area contributed by atoms with E-state index >= 15 is 0 Å². The van der Waals surface area contributed by atoms with Crippen molar-refractivity contribution in [2.75, 3.05) is 27.2 Å². The molecule has 0 bridgehead atoms. The van der Waals surface area contributed by atoms with Crippen molar-refractivity contribution in [3.8, 4) is 0 Å². The van der Waals surface area contributed by atoms with Crippen LogP contribution in [-0.2, 0) is 19.7 Å². The summed E-state index contributed by atoms with van der Waals surface area (Å²) in [6.45, 7) is 4.62. The smallest absolute Gasteiger partial charge is 0.0681 e. The lowest BCUT2D eigenvalue weighted by Gasteiger charge is -2.15. The van der Waals surface area contributed by atoms with E-state index < -0.39 is 0 Å². The minimum Gasteiger partial charge on any atom is -0.392 e. The van der Waals surface area contributed by atoms with Crippen molar-refractivity contribution in [3.63, 3.8) is 0 Å². The van der Waals surface area contributed by atoms with Gasteiger partial charge in [0.1, 0.15) is 0 Å². The Bertz CT molecular complexity index is 390. The van der Waals surface area contributed by atoms with Crippen LogP contribution in [0.1, 0.15) is 29.5 Å². The van der Waals surface area contributed by atoms with Crippen LogP contribution in [0.25, 0.3) is 0 Å². The van der Waals surface area contributed by atoms with Crippen LogP contribution in [0.2, 0.25) is 0 Å². The third kappa shape index (κ3) is 3.55. The zero-order valence-corrected chi connectivity index (χ0v) is 11.5. The summed E-state index contributed by atoms with van der Waals surface area (Å²) in [5, 5.41) is 9.14. The molecule has 0 unspecified atom stereocenters. The van der Waals surface area contributed by atoms with E-state index in [4.69, 9.17) is 5.11 Å². The predicted octanol–water partition coefficient (Wildman–Crippen LogP) is 1.84. The first-order valence-electron chi connectivity index (χ1n) is 6.77. The average molecular weight is 248 g/mol. The van der Waals surface area contributed by atoms with Gasteiger partial charge in [0.25, 0.3) is 0 Å². The van der Waals surface area contributed by atoms with E-state index in [1.807, 2.05) is 6.07 Å².